The number of hydrogen-bond donors (Lipinski definition) is 2. The molecule has 0 heterocycles. The van der Waals surface area contributed by atoms with Crippen molar-refractivity contribution in [2.75, 3.05) is 5.32 Å². The van der Waals surface area contributed by atoms with Gasteiger partial charge in [-0.05, 0) is 25.0 Å². The number of amides is 1. The topological polar surface area (TPSA) is 98.3 Å². The monoisotopic (exact) mass is 249 g/mol. The summed E-state index contributed by atoms with van der Waals surface area (Å²) in [6, 6.07) is 6.01. The molecule has 0 atom stereocenters. The lowest BCUT2D eigenvalue weighted by Crippen LogP contribution is -2.48. The number of nitro groups is 1. The van der Waals surface area contributed by atoms with E-state index in [0.29, 0.717) is 18.5 Å². The van der Waals surface area contributed by atoms with Crippen molar-refractivity contribution < 1.29 is 9.72 Å². The molecule has 0 aromatic heterocycles. The Kier molecular flexibility index (Phi) is 3.18. The van der Waals surface area contributed by atoms with Crippen LogP contribution in [0.5, 0.6) is 0 Å². The van der Waals surface area contributed by atoms with Gasteiger partial charge in [0.25, 0.3) is 5.69 Å². The number of rotatable bonds is 4. The normalized spacial score (nSPS) is 17.3. The van der Waals surface area contributed by atoms with Crippen molar-refractivity contribution in [1.82, 2.24) is 0 Å². The van der Waals surface area contributed by atoms with E-state index in [0.717, 1.165) is 12.8 Å². The predicted molar refractivity (Wildman–Crippen MR) is 67.1 cm³/mol. The molecule has 0 radical (unpaired) electrons. The van der Waals surface area contributed by atoms with Crippen LogP contribution in [-0.2, 0) is 4.79 Å². The maximum absolute atomic E-state index is 11.6. The number of hydrogen-bond acceptors (Lipinski definition) is 4. The van der Waals surface area contributed by atoms with E-state index in [1.54, 1.807) is 12.1 Å². The van der Waals surface area contributed by atoms with Gasteiger partial charge in [0.1, 0.15) is 5.54 Å². The maximum Gasteiger partial charge on any atom is 0.269 e. The first-order chi connectivity index (χ1) is 8.53. The van der Waals surface area contributed by atoms with Gasteiger partial charge < -0.3 is 11.1 Å². The number of carbonyl (C=O) groups is 1. The zero-order valence-electron chi connectivity index (χ0n) is 9.89. The summed E-state index contributed by atoms with van der Waals surface area (Å²) in [4.78, 5) is 21.6. The Morgan fingerprint density at radius 1 is 1.28 bits per heavy atom. The minimum absolute atomic E-state index is 0.0279. The number of nitrogens with zero attached hydrogens (tertiary/aromatic N) is 1. The number of carbonyl (C=O) groups excluding carboxylic acids is 1. The molecule has 1 saturated carbocycles. The van der Waals surface area contributed by atoms with Gasteiger partial charge in [0.05, 0.1) is 4.92 Å². The van der Waals surface area contributed by atoms with Crippen molar-refractivity contribution in [3.8, 4) is 0 Å². The molecule has 2 rings (SSSR count). The van der Waals surface area contributed by atoms with Crippen LogP contribution in [0.2, 0.25) is 0 Å². The van der Waals surface area contributed by atoms with Crippen molar-refractivity contribution in [1.29, 1.82) is 0 Å². The highest BCUT2D eigenvalue weighted by Crippen LogP contribution is 2.33. The van der Waals surface area contributed by atoms with Gasteiger partial charge in [-0.3, -0.25) is 14.9 Å². The highest BCUT2D eigenvalue weighted by atomic mass is 16.6. The highest BCUT2D eigenvalue weighted by molar-refractivity contribution is 5.88. The smallest absolute Gasteiger partial charge is 0.269 e. The molecule has 1 aliphatic rings. The first kappa shape index (κ1) is 12.3. The van der Waals surface area contributed by atoms with Crippen LogP contribution in [0.4, 0.5) is 11.4 Å². The second-order valence-corrected chi connectivity index (χ2v) is 4.58. The number of anilines is 1. The first-order valence-corrected chi connectivity index (χ1v) is 5.86. The third-order valence-corrected chi connectivity index (χ3v) is 3.39. The Balaban J connectivity index is 2.17. The van der Waals surface area contributed by atoms with Gasteiger partial charge in [-0.1, -0.05) is 12.8 Å². The second-order valence-electron chi connectivity index (χ2n) is 4.58. The van der Waals surface area contributed by atoms with Gasteiger partial charge in [-0.15, -0.1) is 0 Å². The van der Waals surface area contributed by atoms with Gasteiger partial charge >= 0.3 is 0 Å². The van der Waals surface area contributed by atoms with Crippen molar-refractivity contribution in [3.05, 3.63) is 34.4 Å². The third kappa shape index (κ3) is 2.27. The predicted octanol–water partition coefficient (Wildman–Crippen LogP) is 1.80. The van der Waals surface area contributed by atoms with Gasteiger partial charge in [0, 0.05) is 17.8 Å². The van der Waals surface area contributed by atoms with E-state index in [-0.39, 0.29) is 11.6 Å². The molecule has 0 aliphatic heterocycles. The van der Waals surface area contributed by atoms with Crippen LogP contribution in [-0.4, -0.2) is 16.4 Å². The molecule has 18 heavy (non-hydrogen) atoms. The molecule has 3 N–H and O–H groups in total. The fourth-order valence-corrected chi connectivity index (χ4v) is 2.35. The highest BCUT2D eigenvalue weighted by Gasteiger charge is 2.39. The number of nitrogens with one attached hydrogen (secondary N) is 1. The Morgan fingerprint density at radius 2 is 1.83 bits per heavy atom. The van der Waals surface area contributed by atoms with Crippen molar-refractivity contribution >= 4 is 17.3 Å². The average Bonchev–Trinajstić information content (AvgIpc) is 2.79. The summed E-state index contributed by atoms with van der Waals surface area (Å²) >= 11 is 0. The largest absolute Gasteiger partial charge is 0.371 e. The Morgan fingerprint density at radius 3 is 2.28 bits per heavy atom. The number of non-ortho nitro benzene ring substituents is 1. The summed E-state index contributed by atoms with van der Waals surface area (Å²) in [6.45, 7) is 0. The molecular formula is C12H15N3O3. The van der Waals surface area contributed by atoms with Crippen molar-refractivity contribution in [2.24, 2.45) is 5.73 Å². The Labute approximate surface area is 104 Å². The van der Waals surface area contributed by atoms with Gasteiger partial charge in [0.15, 0.2) is 0 Å². The van der Waals surface area contributed by atoms with E-state index in [2.05, 4.69) is 5.32 Å². The molecule has 96 valence electrons. The zero-order valence-corrected chi connectivity index (χ0v) is 9.89. The molecule has 1 amide bonds. The molecule has 0 unspecified atom stereocenters. The zero-order chi connectivity index (χ0) is 13.2. The summed E-state index contributed by atoms with van der Waals surface area (Å²) in [7, 11) is 0. The third-order valence-electron chi connectivity index (χ3n) is 3.39. The summed E-state index contributed by atoms with van der Waals surface area (Å²) in [6.07, 6.45) is 3.34. The van der Waals surface area contributed by atoms with E-state index in [1.807, 2.05) is 0 Å². The fraction of sp³-hybridized carbons (Fsp3) is 0.417. The molecular weight excluding hydrogens is 234 g/mol. The van der Waals surface area contributed by atoms with Crippen LogP contribution in [0.25, 0.3) is 0 Å². The lowest BCUT2D eigenvalue weighted by atomic mass is 9.96. The van der Waals surface area contributed by atoms with Crippen LogP contribution in [0.15, 0.2) is 24.3 Å². The summed E-state index contributed by atoms with van der Waals surface area (Å²) in [5.41, 5.74) is 5.46. The maximum atomic E-state index is 11.6. The molecule has 0 spiro atoms. The number of nitro benzene ring substituents is 1. The molecule has 0 bridgehead atoms. The van der Waals surface area contributed by atoms with E-state index < -0.39 is 10.5 Å². The molecule has 1 aromatic rings. The summed E-state index contributed by atoms with van der Waals surface area (Å²) in [5, 5.41) is 13.7. The molecule has 6 nitrogen and oxygen atoms in total. The van der Waals surface area contributed by atoms with Crippen LogP contribution in [0.1, 0.15) is 25.7 Å². The minimum Gasteiger partial charge on any atom is -0.371 e. The van der Waals surface area contributed by atoms with Crippen LogP contribution in [0, 0.1) is 10.1 Å². The fourth-order valence-electron chi connectivity index (χ4n) is 2.35. The number of nitrogens with two attached hydrogens (primary N) is 1. The van der Waals surface area contributed by atoms with Crippen LogP contribution in [0.3, 0.4) is 0 Å². The number of benzene rings is 1. The Hall–Kier alpha value is -2.11. The van der Waals surface area contributed by atoms with Crippen molar-refractivity contribution in [3.63, 3.8) is 0 Å². The van der Waals surface area contributed by atoms with Crippen LogP contribution >= 0.6 is 0 Å². The van der Waals surface area contributed by atoms with E-state index in [4.69, 9.17) is 5.73 Å². The second kappa shape index (κ2) is 4.64. The quantitative estimate of drug-likeness (QED) is 0.628. The molecule has 1 fully saturated rings. The van der Waals surface area contributed by atoms with Gasteiger partial charge in [-0.2, -0.15) is 0 Å². The lowest BCUT2D eigenvalue weighted by Gasteiger charge is -2.27. The summed E-state index contributed by atoms with van der Waals surface area (Å²) < 4.78 is 0. The summed E-state index contributed by atoms with van der Waals surface area (Å²) in [5.74, 6) is -0.363. The minimum atomic E-state index is -0.698. The van der Waals surface area contributed by atoms with Gasteiger partial charge in [-0.25, -0.2) is 0 Å². The van der Waals surface area contributed by atoms with Crippen LogP contribution < -0.4 is 11.1 Å². The van der Waals surface area contributed by atoms with E-state index >= 15 is 0 Å². The van der Waals surface area contributed by atoms with Crippen molar-refractivity contribution in [2.45, 2.75) is 31.2 Å². The lowest BCUT2D eigenvalue weighted by molar-refractivity contribution is -0.384. The SMILES string of the molecule is NC(=O)C1(Nc2ccc([N+](=O)[O-])cc2)CCCC1. The Bertz CT molecular complexity index is 464. The number of primary amides is 1. The molecule has 1 aliphatic carbocycles. The molecule has 6 heteroatoms. The standard InChI is InChI=1S/C12H15N3O3/c13-11(16)12(7-1-2-8-12)14-9-3-5-10(6-4-9)15(17)18/h3-6,14H,1-2,7-8H2,(H2,13,16). The molecule has 0 saturated heterocycles. The first-order valence-electron chi connectivity index (χ1n) is 5.86. The van der Waals surface area contributed by atoms with E-state index in [1.165, 1.54) is 12.1 Å². The average molecular weight is 249 g/mol. The molecule has 1 aromatic carbocycles. The van der Waals surface area contributed by atoms with E-state index in [9.17, 15) is 14.9 Å². The van der Waals surface area contributed by atoms with Gasteiger partial charge in [0.2, 0.25) is 5.91 Å².